The molecule has 106 valence electrons. The highest BCUT2D eigenvalue weighted by molar-refractivity contribution is 7.98. The van der Waals surface area contributed by atoms with E-state index in [1.807, 2.05) is 11.8 Å². The van der Waals surface area contributed by atoms with Gasteiger partial charge in [0.15, 0.2) is 0 Å². The number of thioether (sulfide) groups is 1. The molecule has 0 saturated heterocycles. The maximum absolute atomic E-state index is 4.57. The zero-order chi connectivity index (χ0) is 14.5. The predicted octanol–water partition coefficient (Wildman–Crippen LogP) is 5.47. The molecule has 1 aromatic heterocycles. The lowest BCUT2D eigenvalue weighted by Gasteiger charge is -2.17. The van der Waals surface area contributed by atoms with Crippen LogP contribution in [0.1, 0.15) is 27.1 Å². The Balaban J connectivity index is 1.83. The number of rotatable bonds is 5. The summed E-state index contributed by atoms with van der Waals surface area (Å²) in [5.74, 6) is 0.943. The molecule has 0 aliphatic rings. The molecule has 21 heavy (non-hydrogen) atoms. The topological polar surface area (TPSA) is 12.9 Å². The van der Waals surface area contributed by atoms with Crippen molar-refractivity contribution in [1.82, 2.24) is 4.98 Å². The summed E-state index contributed by atoms with van der Waals surface area (Å²) in [6.45, 7) is 2.06. The minimum atomic E-state index is 0.356. The van der Waals surface area contributed by atoms with Crippen LogP contribution >= 0.6 is 23.1 Å². The van der Waals surface area contributed by atoms with Crippen molar-refractivity contribution in [1.29, 1.82) is 0 Å². The number of hydrogen-bond donors (Lipinski definition) is 0. The molecule has 3 rings (SSSR count). The Hall–Kier alpha value is -1.58. The van der Waals surface area contributed by atoms with E-state index in [-0.39, 0.29) is 0 Å². The Kier molecular flexibility index (Phi) is 4.73. The molecule has 0 bridgehead atoms. The second-order valence-electron chi connectivity index (χ2n) is 4.87. The van der Waals surface area contributed by atoms with E-state index in [2.05, 4.69) is 78.0 Å². The summed E-state index contributed by atoms with van der Waals surface area (Å²) in [5.41, 5.74) is 3.88. The molecule has 0 aliphatic carbocycles. The van der Waals surface area contributed by atoms with Gasteiger partial charge in [-0.25, -0.2) is 4.98 Å². The van der Waals surface area contributed by atoms with Crippen molar-refractivity contribution in [3.05, 3.63) is 87.9 Å². The van der Waals surface area contributed by atoms with Gasteiger partial charge in [0, 0.05) is 11.1 Å². The van der Waals surface area contributed by atoms with Gasteiger partial charge in [0.1, 0.15) is 0 Å². The van der Waals surface area contributed by atoms with E-state index in [9.17, 15) is 0 Å². The SMILES string of the molecule is Cc1nc(CSC(c2ccccc2)c2ccccc2)cs1. The van der Waals surface area contributed by atoms with Crippen LogP contribution in [0.2, 0.25) is 0 Å². The Labute approximate surface area is 134 Å². The van der Waals surface area contributed by atoms with Crippen LogP contribution in [0.3, 0.4) is 0 Å². The van der Waals surface area contributed by atoms with E-state index < -0.39 is 0 Å². The normalized spacial score (nSPS) is 11.0. The van der Waals surface area contributed by atoms with Gasteiger partial charge < -0.3 is 0 Å². The number of benzene rings is 2. The molecule has 0 spiro atoms. The highest BCUT2D eigenvalue weighted by atomic mass is 32.2. The third-order valence-electron chi connectivity index (χ3n) is 3.27. The second-order valence-corrected chi connectivity index (χ2v) is 7.03. The average Bonchev–Trinajstić information content (AvgIpc) is 2.95. The molecule has 3 aromatic rings. The third kappa shape index (κ3) is 3.74. The van der Waals surface area contributed by atoms with Crippen LogP contribution in [-0.4, -0.2) is 4.98 Å². The molecule has 0 fully saturated rings. The number of aryl methyl sites for hydroxylation is 1. The maximum atomic E-state index is 4.57. The fourth-order valence-corrected chi connectivity index (χ4v) is 4.19. The van der Waals surface area contributed by atoms with Crippen molar-refractivity contribution >= 4 is 23.1 Å². The van der Waals surface area contributed by atoms with Gasteiger partial charge in [0.25, 0.3) is 0 Å². The van der Waals surface area contributed by atoms with Gasteiger partial charge in [-0.2, -0.15) is 0 Å². The first-order valence-electron chi connectivity index (χ1n) is 6.95. The summed E-state index contributed by atoms with van der Waals surface area (Å²) in [4.78, 5) is 4.57. The monoisotopic (exact) mass is 311 g/mol. The van der Waals surface area contributed by atoms with Crippen molar-refractivity contribution in [3.63, 3.8) is 0 Å². The van der Waals surface area contributed by atoms with Crippen molar-refractivity contribution in [3.8, 4) is 0 Å². The first-order chi connectivity index (χ1) is 10.3. The molecule has 0 atom stereocenters. The highest BCUT2D eigenvalue weighted by Crippen LogP contribution is 2.37. The molecule has 1 nitrogen and oxygen atoms in total. The minimum Gasteiger partial charge on any atom is -0.246 e. The standard InChI is InChI=1S/C18H17NS2/c1-14-19-17(12-20-14)13-21-18(15-8-4-2-5-9-15)16-10-6-3-7-11-16/h2-12,18H,13H2,1H3. The lowest BCUT2D eigenvalue weighted by atomic mass is 10.0. The van der Waals surface area contributed by atoms with Crippen LogP contribution < -0.4 is 0 Å². The van der Waals surface area contributed by atoms with Crippen LogP contribution in [0.15, 0.2) is 66.0 Å². The van der Waals surface area contributed by atoms with E-state index in [1.54, 1.807) is 11.3 Å². The molecule has 0 amide bonds. The molecule has 2 aromatic carbocycles. The summed E-state index contributed by atoms with van der Waals surface area (Å²) in [7, 11) is 0. The van der Waals surface area contributed by atoms with Crippen LogP contribution in [0, 0.1) is 6.92 Å². The Morgan fingerprint density at radius 1 is 0.952 bits per heavy atom. The molecule has 3 heteroatoms. The van der Waals surface area contributed by atoms with Gasteiger partial charge in [-0.3, -0.25) is 0 Å². The molecule has 0 aliphatic heterocycles. The van der Waals surface area contributed by atoms with Gasteiger partial charge in [-0.1, -0.05) is 60.7 Å². The lowest BCUT2D eigenvalue weighted by molar-refractivity contribution is 1.13. The van der Waals surface area contributed by atoms with Crippen LogP contribution in [0.5, 0.6) is 0 Å². The maximum Gasteiger partial charge on any atom is 0.0897 e. The molecule has 0 radical (unpaired) electrons. The van der Waals surface area contributed by atoms with Crippen molar-refractivity contribution < 1.29 is 0 Å². The minimum absolute atomic E-state index is 0.356. The molecule has 0 saturated carbocycles. The molecule has 0 N–H and O–H groups in total. The largest absolute Gasteiger partial charge is 0.246 e. The number of aromatic nitrogens is 1. The molecule has 0 unspecified atom stereocenters. The highest BCUT2D eigenvalue weighted by Gasteiger charge is 2.15. The fourth-order valence-electron chi connectivity index (χ4n) is 2.28. The van der Waals surface area contributed by atoms with Crippen LogP contribution in [0.25, 0.3) is 0 Å². The number of thiazole rings is 1. The third-order valence-corrected chi connectivity index (χ3v) is 5.43. The van der Waals surface area contributed by atoms with Gasteiger partial charge >= 0.3 is 0 Å². The van der Waals surface area contributed by atoms with E-state index >= 15 is 0 Å². The fraction of sp³-hybridized carbons (Fsp3) is 0.167. The summed E-state index contributed by atoms with van der Waals surface area (Å²) in [5, 5.41) is 3.66. The Bertz CT molecular complexity index is 637. The van der Waals surface area contributed by atoms with Crippen molar-refractivity contribution in [2.45, 2.75) is 17.9 Å². The summed E-state index contributed by atoms with van der Waals surface area (Å²) in [6.07, 6.45) is 0. The van der Waals surface area contributed by atoms with Crippen molar-refractivity contribution in [2.24, 2.45) is 0 Å². The number of hydrogen-bond acceptors (Lipinski definition) is 3. The van der Waals surface area contributed by atoms with Crippen LogP contribution in [-0.2, 0) is 5.75 Å². The van der Waals surface area contributed by atoms with E-state index in [0.717, 1.165) is 10.8 Å². The Morgan fingerprint density at radius 3 is 2.00 bits per heavy atom. The predicted molar refractivity (Wildman–Crippen MR) is 92.9 cm³/mol. The molecular formula is C18H17NS2. The molecule has 1 heterocycles. The van der Waals surface area contributed by atoms with E-state index in [4.69, 9.17) is 0 Å². The first kappa shape index (κ1) is 14.4. The van der Waals surface area contributed by atoms with E-state index in [0.29, 0.717) is 5.25 Å². The first-order valence-corrected chi connectivity index (χ1v) is 8.88. The summed E-state index contributed by atoms with van der Waals surface area (Å²) in [6, 6.07) is 21.4. The van der Waals surface area contributed by atoms with E-state index in [1.165, 1.54) is 16.8 Å². The zero-order valence-electron chi connectivity index (χ0n) is 11.9. The zero-order valence-corrected chi connectivity index (χ0v) is 13.5. The van der Waals surface area contributed by atoms with Gasteiger partial charge in [-0.05, 0) is 18.1 Å². The summed E-state index contributed by atoms with van der Waals surface area (Å²) >= 11 is 3.66. The Morgan fingerprint density at radius 2 is 1.52 bits per heavy atom. The van der Waals surface area contributed by atoms with Gasteiger partial charge in [0.2, 0.25) is 0 Å². The smallest absolute Gasteiger partial charge is 0.0897 e. The van der Waals surface area contributed by atoms with Crippen molar-refractivity contribution in [2.75, 3.05) is 0 Å². The second kappa shape index (κ2) is 6.92. The van der Waals surface area contributed by atoms with Gasteiger partial charge in [0.05, 0.1) is 16.0 Å². The lowest BCUT2D eigenvalue weighted by Crippen LogP contribution is -1.97. The summed E-state index contributed by atoms with van der Waals surface area (Å²) < 4.78 is 0. The number of nitrogens with zero attached hydrogens (tertiary/aromatic N) is 1. The quantitative estimate of drug-likeness (QED) is 0.619. The molecular weight excluding hydrogens is 294 g/mol. The average molecular weight is 311 g/mol. The van der Waals surface area contributed by atoms with Crippen LogP contribution in [0.4, 0.5) is 0 Å². The van der Waals surface area contributed by atoms with Gasteiger partial charge in [-0.15, -0.1) is 23.1 Å².